The molecule has 29 atom stereocenters. The zero-order valence-electron chi connectivity index (χ0n) is 45.8. The second kappa shape index (κ2) is 23.5. The molecule has 0 spiro atoms. The first-order valence-electron chi connectivity index (χ1n) is 27.9. The summed E-state index contributed by atoms with van der Waals surface area (Å²) in [5.74, 6) is 0.298. The monoisotopic (exact) mass is 1110 g/mol. The molecule has 0 aromatic heterocycles. The molecule has 15 N–H and O–H groups in total. The van der Waals surface area contributed by atoms with Crippen molar-refractivity contribution in [2.24, 2.45) is 45.3 Å². The van der Waals surface area contributed by atoms with Crippen molar-refractivity contribution in [3.8, 4) is 0 Å². The molecule has 0 aromatic carbocycles. The van der Waals surface area contributed by atoms with Crippen LogP contribution in [0.1, 0.15) is 113 Å². The zero-order chi connectivity index (χ0) is 56.6. The average Bonchev–Trinajstić information content (AvgIpc) is 3.90. The molecule has 23 nitrogen and oxygen atoms in total. The van der Waals surface area contributed by atoms with Crippen LogP contribution < -0.4 is 0 Å². The molecule has 3 unspecified atom stereocenters. The molecular weight excluding hydrogens is 1020 g/mol. The van der Waals surface area contributed by atoms with Crippen LogP contribution >= 0.6 is 0 Å². The van der Waals surface area contributed by atoms with E-state index in [9.17, 15) is 76.6 Å². The zero-order valence-corrected chi connectivity index (χ0v) is 45.8. The van der Waals surface area contributed by atoms with Crippen LogP contribution in [0, 0.1) is 45.3 Å². The molecule has 4 heterocycles. The molecule has 0 amide bonds. The number of fused-ring (bicyclic) bond motifs is 5. The Morgan fingerprint density at radius 1 is 0.662 bits per heavy atom. The highest BCUT2D eigenvalue weighted by atomic mass is 16.8. The second-order valence-corrected chi connectivity index (χ2v) is 25.8. The molecule has 23 heteroatoms. The van der Waals surface area contributed by atoms with Crippen LogP contribution in [0.4, 0.5) is 0 Å². The number of ether oxygens (including phenoxy) is 8. The van der Waals surface area contributed by atoms with Gasteiger partial charge < -0.3 is 114 Å². The van der Waals surface area contributed by atoms with Crippen molar-refractivity contribution in [1.82, 2.24) is 0 Å². The molecule has 77 heavy (non-hydrogen) atoms. The van der Waals surface area contributed by atoms with E-state index in [4.69, 9.17) is 37.9 Å². The number of allylic oxidation sites excluding steroid dienone is 1. The highest BCUT2D eigenvalue weighted by Crippen LogP contribution is 2.75. The third kappa shape index (κ3) is 11.1. The third-order valence-corrected chi connectivity index (χ3v) is 20.6. The molecular formula is C54H92O23. The molecule has 446 valence electrons. The van der Waals surface area contributed by atoms with Crippen LogP contribution in [0.3, 0.4) is 0 Å². The number of aliphatic hydroxyl groups is 15. The molecule has 8 aliphatic rings. The van der Waals surface area contributed by atoms with Crippen molar-refractivity contribution in [2.45, 2.75) is 254 Å². The molecule has 4 saturated heterocycles. The lowest BCUT2D eigenvalue weighted by molar-refractivity contribution is -0.379. The largest absolute Gasteiger partial charge is 0.396 e. The molecule has 7 fully saturated rings. The number of aliphatic hydroxyl groups excluding tert-OH is 14. The van der Waals surface area contributed by atoms with Gasteiger partial charge in [0.15, 0.2) is 25.2 Å². The van der Waals surface area contributed by atoms with Gasteiger partial charge in [-0.3, -0.25) is 0 Å². The summed E-state index contributed by atoms with van der Waals surface area (Å²) in [4.78, 5) is 0. The Morgan fingerprint density at radius 2 is 1.26 bits per heavy atom. The maximum absolute atomic E-state index is 12.7. The second-order valence-electron chi connectivity index (χ2n) is 25.8. The first-order valence-corrected chi connectivity index (χ1v) is 27.9. The highest BCUT2D eigenvalue weighted by Gasteiger charge is 2.70. The standard InChI is InChI=1S/C54H92O23/c1-23(24-15-17-52(6)31-12-10-25-26(54(31,8)32(58)19-53(24,52)7)11-14-33(50(25,2)3)75-47-43(67)39(63)36(60)28(72-47)16-18-55)9-13-34(51(4,5)69)76-49-45(77-48-44(68)40(64)37(61)29(20-56)73-48)41(65)38(62)30(74-49)22-71-46-42(66)35(59)27(57)21-70-46/h10,23-24,26-49,55-69H,9,11-22H2,1-8H3/t23-,24?,26?,27-,28-,29+,30-,31?,32-,33+,34-,35+,36-,37+,38-,39+,40-,41+,42-,43-,44+,45-,46+,47+,48-,49+,52+,53-,54+/m1/s1. The van der Waals surface area contributed by atoms with E-state index in [1.807, 2.05) is 0 Å². The summed E-state index contributed by atoms with van der Waals surface area (Å²) < 4.78 is 47.9. The first-order chi connectivity index (χ1) is 36.0. The van der Waals surface area contributed by atoms with Crippen molar-refractivity contribution < 1.29 is 114 Å². The summed E-state index contributed by atoms with van der Waals surface area (Å²) in [5, 5.41) is 162. The summed E-state index contributed by atoms with van der Waals surface area (Å²) in [6.45, 7) is 14.4. The van der Waals surface area contributed by atoms with Crippen LogP contribution in [0.5, 0.6) is 0 Å². The molecule has 0 bridgehead atoms. The van der Waals surface area contributed by atoms with Gasteiger partial charge in [-0.1, -0.05) is 53.2 Å². The van der Waals surface area contributed by atoms with Gasteiger partial charge in [0.1, 0.15) is 85.5 Å². The van der Waals surface area contributed by atoms with Gasteiger partial charge in [0, 0.05) is 17.4 Å². The Labute approximate surface area is 450 Å². The van der Waals surface area contributed by atoms with Crippen LogP contribution in [0.15, 0.2) is 11.6 Å². The van der Waals surface area contributed by atoms with E-state index >= 15 is 0 Å². The van der Waals surface area contributed by atoms with Crippen LogP contribution in [-0.4, -0.2) is 244 Å². The normalized spacial score (nSPS) is 51.0. The Balaban J connectivity index is 0.980. The van der Waals surface area contributed by atoms with Gasteiger partial charge in [0.2, 0.25) is 0 Å². The van der Waals surface area contributed by atoms with Crippen LogP contribution in [0.25, 0.3) is 0 Å². The topological polar surface area (TPSA) is 377 Å². The molecule has 0 radical (unpaired) electrons. The van der Waals surface area contributed by atoms with E-state index < -0.39 is 165 Å². The van der Waals surface area contributed by atoms with Gasteiger partial charge in [-0.2, -0.15) is 0 Å². The average molecular weight is 1110 g/mol. The number of rotatable bonds is 17. The summed E-state index contributed by atoms with van der Waals surface area (Å²) in [7, 11) is 0. The summed E-state index contributed by atoms with van der Waals surface area (Å²) in [5.41, 5.74) is -1.95. The molecule has 0 aromatic rings. The minimum absolute atomic E-state index is 0.0239. The lowest BCUT2D eigenvalue weighted by Crippen LogP contribution is -2.65. The minimum atomic E-state index is -1.90. The maximum atomic E-state index is 12.7. The number of hydrogen-bond acceptors (Lipinski definition) is 23. The van der Waals surface area contributed by atoms with Crippen LogP contribution in [-0.2, 0) is 37.9 Å². The Hall–Kier alpha value is -1.18. The molecule has 4 aliphatic carbocycles. The minimum Gasteiger partial charge on any atom is -0.396 e. The number of hydrogen-bond donors (Lipinski definition) is 15. The van der Waals surface area contributed by atoms with Crippen molar-refractivity contribution in [2.75, 3.05) is 26.4 Å². The third-order valence-electron chi connectivity index (χ3n) is 20.6. The lowest BCUT2D eigenvalue weighted by atomic mass is 9.38. The van der Waals surface area contributed by atoms with Gasteiger partial charge in [-0.05, 0) is 106 Å². The molecule has 4 aliphatic heterocycles. The van der Waals surface area contributed by atoms with Crippen molar-refractivity contribution in [3.63, 3.8) is 0 Å². The SMILES string of the molecule is C[C@H](CC[C@@H](O[C@@H]1O[C@H](CO[C@@H]2OC[C@@H](O)[C@H](O)[C@H]2O)[C@@H](O)[C@H](O)[C@H]1O[C@H]1O[C@@H](CO)[C@H](O)[C@@H](O)[C@@H]1O)C(C)(C)O)C1CC[C@@]2(C)C3CC=C4C(CC[C@H](O[C@@H]5O[C@H](CCO)[C@@H](O)[C@H](O)[C@H]5O)C4(C)C)[C@]3(C)[C@H](O)C[C@]12C. The van der Waals surface area contributed by atoms with E-state index in [1.165, 1.54) is 5.57 Å². The van der Waals surface area contributed by atoms with Gasteiger partial charge in [-0.25, -0.2) is 0 Å². The van der Waals surface area contributed by atoms with E-state index in [2.05, 4.69) is 47.6 Å². The van der Waals surface area contributed by atoms with Gasteiger partial charge in [0.05, 0.1) is 49.8 Å². The quantitative estimate of drug-likeness (QED) is 0.0687. The first kappa shape index (κ1) is 61.9. The van der Waals surface area contributed by atoms with Gasteiger partial charge >= 0.3 is 0 Å². The summed E-state index contributed by atoms with van der Waals surface area (Å²) in [6.07, 6.45) is -24.4. The summed E-state index contributed by atoms with van der Waals surface area (Å²) >= 11 is 0. The fourth-order valence-corrected chi connectivity index (χ4v) is 15.6. The fraction of sp³-hybridized carbons (Fsp3) is 0.963. The maximum Gasteiger partial charge on any atom is 0.187 e. The fourth-order valence-electron chi connectivity index (χ4n) is 15.6. The van der Waals surface area contributed by atoms with Gasteiger partial charge in [-0.15, -0.1) is 0 Å². The predicted octanol–water partition coefficient (Wildman–Crippen LogP) is -2.20. The van der Waals surface area contributed by atoms with Crippen LogP contribution in [0.2, 0.25) is 0 Å². The van der Waals surface area contributed by atoms with E-state index in [1.54, 1.807) is 13.8 Å². The Kier molecular flexibility index (Phi) is 18.9. The van der Waals surface area contributed by atoms with Crippen molar-refractivity contribution in [1.29, 1.82) is 0 Å². The van der Waals surface area contributed by atoms with Crippen molar-refractivity contribution in [3.05, 3.63) is 11.6 Å². The lowest BCUT2D eigenvalue weighted by Gasteiger charge is -2.67. The Morgan fingerprint density at radius 3 is 1.90 bits per heavy atom. The van der Waals surface area contributed by atoms with Crippen molar-refractivity contribution >= 4 is 0 Å². The van der Waals surface area contributed by atoms with E-state index in [0.717, 1.165) is 19.3 Å². The van der Waals surface area contributed by atoms with E-state index in [-0.39, 0.29) is 60.6 Å². The van der Waals surface area contributed by atoms with E-state index in [0.29, 0.717) is 25.7 Å². The highest BCUT2D eigenvalue weighted by molar-refractivity contribution is 5.32. The van der Waals surface area contributed by atoms with Gasteiger partial charge in [0.25, 0.3) is 0 Å². The smallest absolute Gasteiger partial charge is 0.187 e. The predicted molar refractivity (Wildman–Crippen MR) is 266 cm³/mol. The summed E-state index contributed by atoms with van der Waals surface area (Å²) in [6, 6.07) is 0. The Bertz CT molecular complexity index is 1990. The molecule has 8 rings (SSSR count). The molecule has 3 saturated carbocycles.